The molecule has 1 fully saturated rings. The highest BCUT2D eigenvalue weighted by Gasteiger charge is 2.16. The highest BCUT2D eigenvalue weighted by molar-refractivity contribution is 5.69. The van der Waals surface area contributed by atoms with Gasteiger partial charge in [0.05, 0.1) is 19.1 Å². The summed E-state index contributed by atoms with van der Waals surface area (Å²) in [6.45, 7) is 2.63. The van der Waals surface area contributed by atoms with E-state index in [9.17, 15) is 9.90 Å². The predicted octanol–water partition coefficient (Wildman–Crippen LogP) is 1.22. The van der Waals surface area contributed by atoms with Gasteiger partial charge in [0, 0.05) is 12.6 Å². The average Bonchev–Trinajstić information content (AvgIpc) is 2.28. The number of nitrogens with one attached hydrogen (secondary N) is 1. The zero-order valence-electron chi connectivity index (χ0n) is 10.1. The van der Waals surface area contributed by atoms with Crippen LogP contribution in [-0.2, 0) is 9.53 Å². The minimum atomic E-state index is -0.624. The van der Waals surface area contributed by atoms with E-state index in [1.54, 1.807) is 6.92 Å². The lowest BCUT2D eigenvalue weighted by atomic mass is 9.95. The van der Waals surface area contributed by atoms with Crippen molar-refractivity contribution in [2.24, 2.45) is 0 Å². The maximum Gasteiger partial charge on any atom is 0.308 e. The summed E-state index contributed by atoms with van der Waals surface area (Å²) in [7, 11) is 0. The van der Waals surface area contributed by atoms with Crippen LogP contribution in [0.4, 0.5) is 0 Å². The molecule has 0 bridgehead atoms. The highest BCUT2D eigenvalue weighted by atomic mass is 16.5. The van der Waals surface area contributed by atoms with Gasteiger partial charge in [0.15, 0.2) is 0 Å². The first-order valence-corrected chi connectivity index (χ1v) is 6.29. The van der Waals surface area contributed by atoms with E-state index in [0.717, 1.165) is 0 Å². The van der Waals surface area contributed by atoms with Gasteiger partial charge in [0.25, 0.3) is 0 Å². The fourth-order valence-electron chi connectivity index (χ4n) is 2.09. The molecular formula is C12H23NO3. The normalized spacial score (nSPS) is 19.4. The minimum Gasteiger partial charge on any atom is -0.466 e. The van der Waals surface area contributed by atoms with Crippen LogP contribution in [-0.4, -0.2) is 36.4 Å². The fourth-order valence-corrected chi connectivity index (χ4v) is 2.09. The van der Waals surface area contributed by atoms with E-state index in [0.29, 0.717) is 19.2 Å². The van der Waals surface area contributed by atoms with Gasteiger partial charge in [-0.05, 0) is 19.8 Å². The van der Waals surface area contributed by atoms with Crippen LogP contribution in [0.2, 0.25) is 0 Å². The molecule has 0 spiro atoms. The van der Waals surface area contributed by atoms with E-state index in [2.05, 4.69) is 5.32 Å². The van der Waals surface area contributed by atoms with E-state index in [-0.39, 0.29) is 12.4 Å². The van der Waals surface area contributed by atoms with Crippen LogP contribution in [0.5, 0.6) is 0 Å². The van der Waals surface area contributed by atoms with E-state index in [4.69, 9.17) is 4.74 Å². The Morgan fingerprint density at radius 1 is 1.44 bits per heavy atom. The Balaban J connectivity index is 2.08. The Morgan fingerprint density at radius 2 is 2.12 bits per heavy atom. The van der Waals surface area contributed by atoms with Gasteiger partial charge in [-0.3, -0.25) is 4.79 Å². The topological polar surface area (TPSA) is 58.6 Å². The number of hydrogen-bond donors (Lipinski definition) is 2. The van der Waals surface area contributed by atoms with E-state index < -0.39 is 6.10 Å². The van der Waals surface area contributed by atoms with Crippen LogP contribution in [0.15, 0.2) is 0 Å². The van der Waals surface area contributed by atoms with E-state index in [1.165, 1.54) is 32.1 Å². The molecule has 0 aliphatic heterocycles. The predicted molar refractivity (Wildman–Crippen MR) is 62.1 cm³/mol. The molecule has 1 unspecified atom stereocenters. The Labute approximate surface area is 97.4 Å². The summed E-state index contributed by atoms with van der Waals surface area (Å²) in [6, 6.07) is 0.519. The molecule has 4 nitrogen and oxygen atoms in total. The lowest BCUT2D eigenvalue weighted by Gasteiger charge is -2.24. The molecule has 94 valence electrons. The third-order valence-corrected chi connectivity index (χ3v) is 2.95. The average molecular weight is 229 g/mol. The largest absolute Gasteiger partial charge is 0.466 e. The number of hydrogen-bond acceptors (Lipinski definition) is 4. The van der Waals surface area contributed by atoms with Gasteiger partial charge < -0.3 is 15.2 Å². The molecule has 0 aromatic rings. The van der Waals surface area contributed by atoms with E-state index >= 15 is 0 Å². The quantitative estimate of drug-likeness (QED) is 0.672. The van der Waals surface area contributed by atoms with Gasteiger partial charge in [-0.25, -0.2) is 0 Å². The van der Waals surface area contributed by atoms with E-state index in [1.807, 2.05) is 0 Å². The van der Waals surface area contributed by atoms with Crippen molar-refractivity contribution in [3.8, 4) is 0 Å². The van der Waals surface area contributed by atoms with Crippen molar-refractivity contribution < 1.29 is 14.6 Å². The third kappa shape index (κ3) is 5.47. The van der Waals surface area contributed by atoms with Crippen molar-refractivity contribution in [2.75, 3.05) is 13.2 Å². The van der Waals surface area contributed by atoms with Gasteiger partial charge in [0.2, 0.25) is 0 Å². The number of carbonyl (C=O) groups is 1. The first-order valence-electron chi connectivity index (χ1n) is 6.29. The van der Waals surface area contributed by atoms with Gasteiger partial charge in [-0.1, -0.05) is 19.3 Å². The van der Waals surface area contributed by atoms with Crippen molar-refractivity contribution in [1.82, 2.24) is 5.32 Å². The molecule has 4 heteroatoms. The molecule has 1 aliphatic rings. The van der Waals surface area contributed by atoms with Gasteiger partial charge in [0.1, 0.15) is 0 Å². The minimum absolute atomic E-state index is 0.0908. The maximum absolute atomic E-state index is 11.1. The molecule has 0 heterocycles. The Kier molecular flexibility index (Phi) is 6.42. The molecule has 1 aliphatic carbocycles. The first kappa shape index (κ1) is 13.5. The number of ether oxygens (including phenoxy) is 1. The van der Waals surface area contributed by atoms with Crippen molar-refractivity contribution in [2.45, 2.75) is 57.6 Å². The molecule has 0 aromatic heterocycles. The summed E-state index contributed by atoms with van der Waals surface area (Å²) in [5.41, 5.74) is 0. The molecule has 1 rings (SSSR count). The molecular weight excluding hydrogens is 206 g/mol. The second kappa shape index (κ2) is 7.63. The molecule has 0 saturated heterocycles. The zero-order valence-corrected chi connectivity index (χ0v) is 10.1. The number of carbonyl (C=O) groups excluding carboxylic acids is 1. The number of aliphatic hydroxyl groups excluding tert-OH is 1. The lowest BCUT2D eigenvalue weighted by molar-refractivity contribution is -0.145. The van der Waals surface area contributed by atoms with Gasteiger partial charge in [-0.15, -0.1) is 0 Å². The van der Waals surface area contributed by atoms with Crippen molar-refractivity contribution >= 4 is 5.97 Å². The van der Waals surface area contributed by atoms with Crippen molar-refractivity contribution in [1.29, 1.82) is 0 Å². The second-order valence-electron chi connectivity index (χ2n) is 4.41. The number of rotatable bonds is 6. The summed E-state index contributed by atoms with van der Waals surface area (Å²) >= 11 is 0. The number of esters is 1. The first-order chi connectivity index (χ1) is 7.72. The van der Waals surface area contributed by atoms with Crippen LogP contribution in [0.1, 0.15) is 45.4 Å². The summed E-state index contributed by atoms with van der Waals surface area (Å²) < 4.78 is 4.78. The van der Waals surface area contributed by atoms with Crippen LogP contribution in [0, 0.1) is 0 Å². The van der Waals surface area contributed by atoms with Crippen LogP contribution >= 0.6 is 0 Å². The van der Waals surface area contributed by atoms with Crippen LogP contribution in [0.3, 0.4) is 0 Å². The Bertz CT molecular complexity index is 202. The lowest BCUT2D eigenvalue weighted by Crippen LogP contribution is -2.37. The van der Waals surface area contributed by atoms with Gasteiger partial charge >= 0.3 is 5.97 Å². The molecule has 0 amide bonds. The molecule has 1 saturated carbocycles. The Morgan fingerprint density at radius 3 is 2.75 bits per heavy atom. The molecule has 1 atom stereocenters. The van der Waals surface area contributed by atoms with Crippen LogP contribution < -0.4 is 5.32 Å². The standard InChI is InChI=1S/C12H23NO3/c1-2-16-12(15)8-11(14)9-13-10-6-4-3-5-7-10/h10-11,13-14H,2-9H2,1H3. The molecule has 0 radical (unpaired) electrons. The van der Waals surface area contributed by atoms with Crippen molar-refractivity contribution in [3.05, 3.63) is 0 Å². The smallest absolute Gasteiger partial charge is 0.308 e. The SMILES string of the molecule is CCOC(=O)CC(O)CNC1CCCCC1. The summed E-state index contributed by atoms with van der Waals surface area (Å²) in [4.78, 5) is 11.1. The molecule has 0 aromatic carbocycles. The fraction of sp³-hybridized carbons (Fsp3) is 0.917. The maximum atomic E-state index is 11.1. The highest BCUT2D eigenvalue weighted by Crippen LogP contribution is 2.17. The van der Waals surface area contributed by atoms with Crippen molar-refractivity contribution in [3.63, 3.8) is 0 Å². The van der Waals surface area contributed by atoms with Crippen LogP contribution in [0.25, 0.3) is 0 Å². The summed E-state index contributed by atoms with van der Waals surface area (Å²) in [5, 5.41) is 12.9. The Hall–Kier alpha value is -0.610. The molecule has 2 N–H and O–H groups in total. The monoisotopic (exact) mass is 229 g/mol. The second-order valence-corrected chi connectivity index (χ2v) is 4.41. The summed E-state index contributed by atoms with van der Waals surface area (Å²) in [5.74, 6) is -0.319. The number of aliphatic hydroxyl groups is 1. The summed E-state index contributed by atoms with van der Waals surface area (Å²) in [6.07, 6.45) is 5.70. The molecule has 16 heavy (non-hydrogen) atoms. The zero-order chi connectivity index (χ0) is 11.8. The third-order valence-electron chi connectivity index (χ3n) is 2.95. The van der Waals surface area contributed by atoms with Gasteiger partial charge in [-0.2, -0.15) is 0 Å².